The molecular formula is C15H24N2O2S. The predicted octanol–water partition coefficient (Wildman–Crippen LogP) is 1.88. The topological polar surface area (TPSA) is 59.1 Å². The fourth-order valence-electron chi connectivity index (χ4n) is 2.87. The Morgan fingerprint density at radius 2 is 2.20 bits per heavy atom. The van der Waals surface area contributed by atoms with Gasteiger partial charge in [0.25, 0.3) is 0 Å². The van der Waals surface area contributed by atoms with Gasteiger partial charge in [0.2, 0.25) is 0 Å². The number of nitrogens with one attached hydrogen (secondary N) is 1. The van der Waals surface area contributed by atoms with Crippen molar-refractivity contribution in [1.29, 1.82) is 0 Å². The summed E-state index contributed by atoms with van der Waals surface area (Å²) in [4.78, 5) is 4.41. The molecule has 1 fully saturated rings. The van der Waals surface area contributed by atoms with Crippen molar-refractivity contribution in [3.8, 4) is 0 Å². The number of likely N-dealkylation sites (N-methyl/N-ethyl adjacent to an activating group) is 1. The SMILES string of the molecule is CCNC(Cc1ccc(C)cn1)C1CCCCS1(=O)=O. The van der Waals surface area contributed by atoms with E-state index in [2.05, 4.69) is 10.3 Å². The van der Waals surface area contributed by atoms with Crippen LogP contribution in [0, 0.1) is 6.92 Å². The van der Waals surface area contributed by atoms with Gasteiger partial charge in [-0.25, -0.2) is 8.42 Å². The Balaban J connectivity index is 2.15. The predicted molar refractivity (Wildman–Crippen MR) is 81.6 cm³/mol. The number of sulfone groups is 1. The van der Waals surface area contributed by atoms with Crippen molar-refractivity contribution < 1.29 is 8.42 Å². The Labute approximate surface area is 121 Å². The lowest BCUT2D eigenvalue weighted by molar-refractivity contribution is 0.438. The Morgan fingerprint density at radius 1 is 1.40 bits per heavy atom. The first kappa shape index (κ1) is 15.4. The Bertz CT molecular complexity index is 525. The average Bonchev–Trinajstić information content (AvgIpc) is 2.40. The van der Waals surface area contributed by atoms with E-state index < -0.39 is 9.84 Å². The van der Waals surface area contributed by atoms with Gasteiger partial charge < -0.3 is 5.32 Å². The lowest BCUT2D eigenvalue weighted by Gasteiger charge is -2.30. The van der Waals surface area contributed by atoms with Gasteiger partial charge in [-0.1, -0.05) is 19.4 Å². The van der Waals surface area contributed by atoms with Crippen molar-refractivity contribution >= 4 is 9.84 Å². The number of pyridine rings is 1. The van der Waals surface area contributed by atoms with Crippen molar-refractivity contribution in [2.45, 2.75) is 50.8 Å². The second-order valence-electron chi connectivity index (χ2n) is 5.60. The van der Waals surface area contributed by atoms with Gasteiger partial charge in [-0.2, -0.15) is 0 Å². The summed E-state index contributed by atoms with van der Waals surface area (Å²) in [5.41, 5.74) is 2.08. The third-order valence-electron chi connectivity index (χ3n) is 3.95. The molecule has 0 aromatic carbocycles. The number of aryl methyl sites for hydroxylation is 1. The van der Waals surface area contributed by atoms with Crippen LogP contribution in [0.2, 0.25) is 0 Å². The summed E-state index contributed by atoms with van der Waals surface area (Å²) in [5.74, 6) is 0.334. The fraction of sp³-hybridized carbons (Fsp3) is 0.667. The lowest BCUT2D eigenvalue weighted by Crippen LogP contribution is -2.48. The molecule has 2 unspecified atom stereocenters. The molecule has 5 heteroatoms. The van der Waals surface area contributed by atoms with Crippen LogP contribution < -0.4 is 5.32 Å². The number of aromatic nitrogens is 1. The van der Waals surface area contributed by atoms with Crippen LogP contribution in [-0.4, -0.2) is 37.0 Å². The maximum absolute atomic E-state index is 12.3. The minimum Gasteiger partial charge on any atom is -0.313 e. The molecule has 20 heavy (non-hydrogen) atoms. The average molecular weight is 296 g/mol. The number of nitrogens with zero attached hydrogens (tertiary/aromatic N) is 1. The minimum atomic E-state index is -2.96. The maximum atomic E-state index is 12.3. The second-order valence-corrected chi connectivity index (χ2v) is 7.94. The first-order valence-electron chi connectivity index (χ1n) is 7.39. The Morgan fingerprint density at radius 3 is 2.80 bits per heavy atom. The number of rotatable bonds is 5. The summed E-state index contributed by atoms with van der Waals surface area (Å²) >= 11 is 0. The highest BCUT2D eigenvalue weighted by atomic mass is 32.2. The van der Waals surface area contributed by atoms with E-state index in [-0.39, 0.29) is 11.3 Å². The maximum Gasteiger partial charge on any atom is 0.154 e. The van der Waals surface area contributed by atoms with Gasteiger partial charge in [0.05, 0.1) is 11.0 Å². The van der Waals surface area contributed by atoms with Gasteiger partial charge in [0.1, 0.15) is 0 Å². The zero-order chi connectivity index (χ0) is 14.6. The summed E-state index contributed by atoms with van der Waals surface area (Å²) < 4.78 is 24.6. The Kier molecular flexibility index (Phi) is 5.16. The van der Waals surface area contributed by atoms with Crippen LogP contribution in [0.4, 0.5) is 0 Å². The third-order valence-corrected chi connectivity index (χ3v) is 6.29. The standard InChI is InChI=1S/C15H24N2O2S/c1-3-16-14(10-13-8-7-12(2)11-17-13)15-6-4-5-9-20(15,18)19/h7-8,11,14-16H,3-6,9-10H2,1-2H3. The molecule has 2 heterocycles. The van der Waals surface area contributed by atoms with Crippen molar-refractivity contribution in [3.05, 3.63) is 29.6 Å². The van der Waals surface area contributed by atoms with Crippen molar-refractivity contribution in [1.82, 2.24) is 10.3 Å². The van der Waals surface area contributed by atoms with Crippen molar-refractivity contribution in [2.24, 2.45) is 0 Å². The normalized spacial score (nSPS) is 23.4. The summed E-state index contributed by atoms with van der Waals surface area (Å²) in [7, 11) is -2.96. The van der Waals surface area contributed by atoms with E-state index in [0.29, 0.717) is 12.2 Å². The fourth-order valence-corrected chi connectivity index (χ4v) is 5.00. The van der Waals surface area contributed by atoms with Crippen LogP contribution in [0.3, 0.4) is 0 Å². The lowest BCUT2D eigenvalue weighted by atomic mass is 10.0. The molecule has 1 aliphatic rings. The molecule has 1 aromatic heterocycles. The van der Waals surface area contributed by atoms with Crippen LogP contribution in [0.5, 0.6) is 0 Å². The highest BCUT2D eigenvalue weighted by Gasteiger charge is 2.35. The Hall–Kier alpha value is -0.940. The molecule has 0 spiro atoms. The van der Waals surface area contributed by atoms with E-state index >= 15 is 0 Å². The highest BCUT2D eigenvalue weighted by Crippen LogP contribution is 2.24. The molecule has 0 amide bonds. The molecule has 4 nitrogen and oxygen atoms in total. The van der Waals surface area contributed by atoms with Crippen LogP contribution in [0.15, 0.2) is 18.3 Å². The van der Waals surface area contributed by atoms with E-state index in [1.165, 1.54) is 0 Å². The van der Waals surface area contributed by atoms with Crippen molar-refractivity contribution in [3.63, 3.8) is 0 Å². The monoisotopic (exact) mass is 296 g/mol. The molecule has 0 bridgehead atoms. The van der Waals surface area contributed by atoms with E-state index in [9.17, 15) is 8.42 Å². The van der Waals surface area contributed by atoms with Gasteiger partial charge in [0, 0.05) is 24.4 Å². The summed E-state index contributed by atoms with van der Waals surface area (Å²) in [6.07, 6.45) is 5.10. The van der Waals surface area contributed by atoms with Crippen LogP contribution >= 0.6 is 0 Å². The zero-order valence-corrected chi connectivity index (χ0v) is 13.1. The minimum absolute atomic E-state index is 0.0273. The van der Waals surface area contributed by atoms with Gasteiger partial charge >= 0.3 is 0 Å². The van der Waals surface area contributed by atoms with E-state index in [1.54, 1.807) is 0 Å². The molecule has 0 aliphatic carbocycles. The molecular weight excluding hydrogens is 272 g/mol. The molecule has 0 saturated carbocycles. The van der Waals surface area contributed by atoms with Gasteiger partial charge in [-0.05, 0) is 37.9 Å². The summed E-state index contributed by atoms with van der Waals surface area (Å²) in [5, 5.41) is 3.09. The quantitative estimate of drug-likeness (QED) is 0.901. The first-order valence-corrected chi connectivity index (χ1v) is 9.11. The number of hydrogen-bond acceptors (Lipinski definition) is 4. The van der Waals surface area contributed by atoms with Crippen molar-refractivity contribution in [2.75, 3.05) is 12.3 Å². The van der Waals surface area contributed by atoms with E-state index in [1.807, 2.05) is 32.2 Å². The van der Waals surface area contributed by atoms with Gasteiger partial charge in [-0.3, -0.25) is 4.98 Å². The number of hydrogen-bond donors (Lipinski definition) is 1. The van der Waals surface area contributed by atoms with E-state index in [4.69, 9.17) is 0 Å². The molecule has 1 N–H and O–H groups in total. The molecule has 1 saturated heterocycles. The zero-order valence-electron chi connectivity index (χ0n) is 12.3. The second kappa shape index (κ2) is 6.68. The highest BCUT2D eigenvalue weighted by molar-refractivity contribution is 7.92. The molecule has 2 rings (SSSR count). The van der Waals surface area contributed by atoms with E-state index in [0.717, 1.165) is 37.1 Å². The molecule has 0 radical (unpaired) electrons. The van der Waals surface area contributed by atoms with Gasteiger partial charge in [-0.15, -0.1) is 0 Å². The smallest absolute Gasteiger partial charge is 0.154 e. The molecule has 2 atom stereocenters. The molecule has 1 aliphatic heterocycles. The molecule has 1 aromatic rings. The first-order chi connectivity index (χ1) is 9.53. The van der Waals surface area contributed by atoms with Gasteiger partial charge in [0.15, 0.2) is 9.84 Å². The largest absolute Gasteiger partial charge is 0.313 e. The summed E-state index contributed by atoms with van der Waals surface area (Å²) in [6, 6.07) is 4.00. The van der Waals surface area contributed by atoms with Crippen LogP contribution in [0.25, 0.3) is 0 Å². The van der Waals surface area contributed by atoms with Crippen LogP contribution in [-0.2, 0) is 16.3 Å². The molecule has 112 valence electrons. The van der Waals surface area contributed by atoms with Crippen LogP contribution in [0.1, 0.15) is 37.4 Å². The third kappa shape index (κ3) is 3.79. The summed E-state index contributed by atoms with van der Waals surface area (Å²) in [6.45, 7) is 4.80.